The molecule has 7 nitrogen and oxygen atoms in total. The summed E-state index contributed by atoms with van der Waals surface area (Å²) in [6.07, 6.45) is 3.30. The highest BCUT2D eigenvalue weighted by Gasteiger charge is 2.37. The first kappa shape index (κ1) is 11.7. The number of nitrogens with one attached hydrogen (secondary N) is 1. The second-order valence-electron chi connectivity index (χ2n) is 4.33. The van der Waals surface area contributed by atoms with Gasteiger partial charge in [-0.3, -0.25) is 10.1 Å². The molecular formula is C10H14N4O3. The van der Waals surface area contributed by atoms with Gasteiger partial charge >= 0.3 is 5.69 Å². The monoisotopic (exact) mass is 238 g/mol. The number of nitrogens with zero attached hydrogens (tertiary/aromatic N) is 3. The molecule has 1 aliphatic rings. The Bertz CT molecular complexity index is 422. The first-order valence-electron chi connectivity index (χ1n) is 5.37. The third-order valence-corrected chi connectivity index (χ3v) is 3.13. The lowest BCUT2D eigenvalue weighted by atomic mass is 9.95. The number of anilines is 1. The molecule has 0 aliphatic carbocycles. The first-order chi connectivity index (χ1) is 8.01. The molecule has 1 aromatic rings. The number of rotatable bonds is 3. The quantitative estimate of drug-likeness (QED) is 0.631. The van der Waals surface area contributed by atoms with Crippen molar-refractivity contribution in [1.29, 1.82) is 0 Å². The summed E-state index contributed by atoms with van der Waals surface area (Å²) in [6, 6.07) is 0. The van der Waals surface area contributed by atoms with Gasteiger partial charge in [-0.25, -0.2) is 9.97 Å². The predicted molar refractivity (Wildman–Crippen MR) is 60.7 cm³/mol. The molecule has 0 radical (unpaired) electrons. The highest BCUT2D eigenvalue weighted by atomic mass is 16.6. The zero-order valence-corrected chi connectivity index (χ0v) is 9.71. The number of hydrogen-bond acceptors (Lipinski definition) is 6. The topological polar surface area (TPSA) is 90.2 Å². The molecule has 1 fully saturated rings. The maximum atomic E-state index is 10.5. The Morgan fingerprint density at radius 1 is 1.59 bits per heavy atom. The van der Waals surface area contributed by atoms with E-state index >= 15 is 0 Å². The van der Waals surface area contributed by atoms with Gasteiger partial charge < -0.3 is 10.1 Å². The van der Waals surface area contributed by atoms with Crippen LogP contribution in [0.3, 0.4) is 0 Å². The van der Waals surface area contributed by atoms with Crippen LogP contribution in [0.2, 0.25) is 0 Å². The minimum atomic E-state index is -0.521. The van der Waals surface area contributed by atoms with Crippen LogP contribution >= 0.6 is 0 Å². The molecule has 0 spiro atoms. The maximum Gasteiger partial charge on any atom is 0.305 e. The van der Waals surface area contributed by atoms with Crippen LogP contribution in [-0.2, 0) is 4.74 Å². The second kappa shape index (κ2) is 4.25. The molecule has 92 valence electrons. The van der Waals surface area contributed by atoms with Crippen molar-refractivity contribution in [2.24, 2.45) is 0 Å². The molecule has 2 unspecified atom stereocenters. The molecule has 1 aromatic heterocycles. The van der Waals surface area contributed by atoms with Crippen molar-refractivity contribution in [3.05, 3.63) is 22.5 Å². The summed E-state index contributed by atoms with van der Waals surface area (Å²) in [5, 5.41) is 13.6. The van der Waals surface area contributed by atoms with E-state index in [1.807, 2.05) is 13.8 Å². The average molecular weight is 238 g/mol. The highest BCUT2D eigenvalue weighted by Crippen LogP contribution is 2.28. The molecular weight excluding hydrogens is 224 g/mol. The minimum absolute atomic E-state index is 0.0568. The van der Waals surface area contributed by atoms with Crippen LogP contribution in [-0.4, -0.2) is 33.1 Å². The molecule has 0 saturated carbocycles. The SMILES string of the molecule is CC1OCCC1(C)Nc1ncc([N+](=O)[O-])cn1. The zero-order valence-electron chi connectivity index (χ0n) is 9.71. The first-order valence-corrected chi connectivity index (χ1v) is 5.37. The van der Waals surface area contributed by atoms with Crippen LogP contribution in [0.1, 0.15) is 20.3 Å². The van der Waals surface area contributed by atoms with Crippen LogP contribution in [0.5, 0.6) is 0 Å². The van der Waals surface area contributed by atoms with Gasteiger partial charge in [-0.15, -0.1) is 0 Å². The van der Waals surface area contributed by atoms with Crippen LogP contribution in [0, 0.1) is 10.1 Å². The predicted octanol–water partition coefficient (Wildman–Crippen LogP) is 1.36. The highest BCUT2D eigenvalue weighted by molar-refractivity contribution is 5.34. The van der Waals surface area contributed by atoms with Crippen molar-refractivity contribution in [2.45, 2.75) is 31.9 Å². The van der Waals surface area contributed by atoms with Gasteiger partial charge in [0.1, 0.15) is 12.4 Å². The Morgan fingerprint density at radius 3 is 2.71 bits per heavy atom. The summed E-state index contributed by atoms with van der Waals surface area (Å²) in [4.78, 5) is 17.8. The van der Waals surface area contributed by atoms with E-state index in [0.29, 0.717) is 12.6 Å². The van der Waals surface area contributed by atoms with Gasteiger partial charge in [0.25, 0.3) is 0 Å². The lowest BCUT2D eigenvalue weighted by molar-refractivity contribution is -0.385. The molecule has 1 saturated heterocycles. The fraction of sp³-hybridized carbons (Fsp3) is 0.600. The summed E-state index contributed by atoms with van der Waals surface area (Å²) in [7, 11) is 0. The third kappa shape index (κ3) is 2.33. The number of aromatic nitrogens is 2. The van der Waals surface area contributed by atoms with E-state index in [-0.39, 0.29) is 17.3 Å². The number of nitro groups is 1. The smallest absolute Gasteiger partial charge is 0.305 e. The van der Waals surface area contributed by atoms with E-state index in [0.717, 1.165) is 6.42 Å². The van der Waals surface area contributed by atoms with Crippen molar-refractivity contribution < 1.29 is 9.66 Å². The van der Waals surface area contributed by atoms with Crippen LogP contribution in [0.15, 0.2) is 12.4 Å². The summed E-state index contributed by atoms with van der Waals surface area (Å²) < 4.78 is 5.48. The molecule has 0 amide bonds. The normalized spacial score (nSPS) is 28.0. The van der Waals surface area contributed by atoms with E-state index in [1.54, 1.807) is 0 Å². The van der Waals surface area contributed by atoms with Crippen LogP contribution in [0.4, 0.5) is 11.6 Å². The fourth-order valence-corrected chi connectivity index (χ4v) is 1.73. The Morgan fingerprint density at radius 2 is 2.24 bits per heavy atom. The average Bonchev–Trinajstić information content (AvgIpc) is 2.60. The second-order valence-corrected chi connectivity index (χ2v) is 4.33. The molecule has 2 atom stereocenters. The summed E-state index contributed by atoms with van der Waals surface area (Å²) in [6.45, 7) is 4.69. The maximum absolute atomic E-state index is 10.5. The molecule has 0 bridgehead atoms. The van der Waals surface area contributed by atoms with Gasteiger partial charge in [-0.1, -0.05) is 0 Å². The van der Waals surface area contributed by atoms with Gasteiger partial charge in [0.15, 0.2) is 0 Å². The van der Waals surface area contributed by atoms with Crippen molar-refractivity contribution in [1.82, 2.24) is 9.97 Å². The van der Waals surface area contributed by atoms with Crippen molar-refractivity contribution in [2.75, 3.05) is 11.9 Å². The van der Waals surface area contributed by atoms with Gasteiger partial charge in [0.05, 0.1) is 16.6 Å². The van der Waals surface area contributed by atoms with E-state index in [9.17, 15) is 10.1 Å². The zero-order chi connectivity index (χ0) is 12.5. The third-order valence-electron chi connectivity index (χ3n) is 3.13. The summed E-state index contributed by atoms with van der Waals surface area (Å²) in [5.41, 5.74) is -0.340. The van der Waals surface area contributed by atoms with Gasteiger partial charge in [-0.05, 0) is 20.3 Å². The van der Waals surface area contributed by atoms with Crippen LogP contribution in [0.25, 0.3) is 0 Å². The van der Waals surface area contributed by atoms with E-state index in [2.05, 4.69) is 15.3 Å². The molecule has 17 heavy (non-hydrogen) atoms. The minimum Gasteiger partial charge on any atom is -0.376 e. The van der Waals surface area contributed by atoms with Crippen molar-refractivity contribution >= 4 is 11.6 Å². The van der Waals surface area contributed by atoms with E-state index in [4.69, 9.17) is 4.74 Å². The van der Waals surface area contributed by atoms with Gasteiger partial charge in [-0.2, -0.15) is 0 Å². The molecule has 2 rings (SSSR count). The number of hydrogen-bond donors (Lipinski definition) is 1. The lowest BCUT2D eigenvalue weighted by Crippen LogP contribution is -2.41. The standard InChI is InChI=1S/C10H14N4O3/c1-7-10(2,3-4-17-7)13-9-11-5-8(6-12-9)14(15)16/h5-7H,3-4H2,1-2H3,(H,11,12,13). The molecule has 2 heterocycles. The summed E-state index contributed by atoms with van der Waals surface area (Å²) >= 11 is 0. The largest absolute Gasteiger partial charge is 0.376 e. The lowest BCUT2D eigenvalue weighted by Gasteiger charge is -2.28. The van der Waals surface area contributed by atoms with E-state index < -0.39 is 4.92 Å². The number of ether oxygens (including phenoxy) is 1. The molecule has 1 aliphatic heterocycles. The van der Waals surface area contributed by atoms with Gasteiger partial charge in [0, 0.05) is 6.61 Å². The molecule has 1 N–H and O–H groups in total. The van der Waals surface area contributed by atoms with Crippen molar-refractivity contribution in [3.8, 4) is 0 Å². The fourth-order valence-electron chi connectivity index (χ4n) is 1.73. The van der Waals surface area contributed by atoms with Gasteiger partial charge in [0.2, 0.25) is 5.95 Å². The summed E-state index contributed by atoms with van der Waals surface area (Å²) in [5.74, 6) is 0.385. The molecule has 7 heteroatoms. The van der Waals surface area contributed by atoms with Crippen molar-refractivity contribution in [3.63, 3.8) is 0 Å². The Balaban J connectivity index is 2.11. The Kier molecular flexibility index (Phi) is 2.93. The van der Waals surface area contributed by atoms with E-state index in [1.165, 1.54) is 12.4 Å². The van der Waals surface area contributed by atoms with Crippen LogP contribution < -0.4 is 5.32 Å². The molecule has 0 aromatic carbocycles. The Hall–Kier alpha value is -1.76. The Labute approximate surface area is 98.4 Å².